The Morgan fingerprint density at radius 2 is 2.07 bits per heavy atom. The van der Waals surface area contributed by atoms with Crippen LogP contribution in [-0.2, 0) is 0 Å². The second-order valence-electron chi connectivity index (χ2n) is 4.87. The first kappa shape index (κ1) is 10.4. The second kappa shape index (κ2) is 5.13. The zero-order valence-corrected chi connectivity index (χ0v) is 9.47. The Kier molecular flexibility index (Phi) is 3.82. The maximum absolute atomic E-state index is 3.69. The summed E-state index contributed by atoms with van der Waals surface area (Å²) in [6.45, 7) is 6.16. The molecule has 0 amide bonds. The van der Waals surface area contributed by atoms with E-state index in [1.807, 2.05) is 0 Å². The van der Waals surface area contributed by atoms with Gasteiger partial charge >= 0.3 is 0 Å². The van der Waals surface area contributed by atoms with Crippen LogP contribution < -0.4 is 5.32 Å². The van der Waals surface area contributed by atoms with Gasteiger partial charge in [-0.2, -0.15) is 0 Å². The van der Waals surface area contributed by atoms with Gasteiger partial charge in [-0.05, 0) is 32.2 Å². The molecule has 2 heteroatoms. The largest absolute Gasteiger partial charge is 0.313 e. The summed E-state index contributed by atoms with van der Waals surface area (Å²) in [5.41, 5.74) is 0. The molecule has 1 saturated carbocycles. The van der Waals surface area contributed by atoms with E-state index < -0.39 is 0 Å². The van der Waals surface area contributed by atoms with Crippen LogP contribution in [0.3, 0.4) is 0 Å². The van der Waals surface area contributed by atoms with Gasteiger partial charge in [-0.1, -0.05) is 19.8 Å². The molecule has 2 aliphatic rings. The van der Waals surface area contributed by atoms with Gasteiger partial charge in [0.25, 0.3) is 0 Å². The third-order valence-corrected chi connectivity index (χ3v) is 3.50. The van der Waals surface area contributed by atoms with Crippen molar-refractivity contribution in [1.82, 2.24) is 10.2 Å². The van der Waals surface area contributed by atoms with E-state index in [2.05, 4.69) is 17.1 Å². The van der Waals surface area contributed by atoms with Crippen LogP contribution in [0, 0.1) is 0 Å². The number of rotatable bonds is 6. The van der Waals surface area contributed by atoms with Gasteiger partial charge in [0.15, 0.2) is 0 Å². The molecule has 1 N–H and O–H groups in total. The Bertz CT molecular complexity index is 166. The molecule has 0 spiro atoms. The van der Waals surface area contributed by atoms with Crippen LogP contribution >= 0.6 is 0 Å². The van der Waals surface area contributed by atoms with E-state index in [1.54, 1.807) is 0 Å². The van der Waals surface area contributed by atoms with Gasteiger partial charge in [-0.25, -0.2) is 0 Å². The smallest absolute Gasteiger partial charge is 0.0207 e. The highest BCUT2D eigenvalue weighted by Crippen LogP contribution is 2.29. The van der Waals surface area contributed by atoms with E-state index in [-0.39, 0.29) is 0 Å². The highest BCUT2D eigenvalue weighted by molar-refractivity contribution is 4.91. The fraction of sp³-hybridized carbons (Fsp3) is 1.00. The van der Waals surface area contributed by atoms with Crippen LogP contribution in [0.2, 0.25) is 0 Å². The highest BCUT2D eigenvalue weighted by atomic mass is 15.2. The monoisotopic (exact) mass is 196 g/mol. The van der Waals surface area contributed by atoms with E-state index in [0.29, 0.717) is 0 Å². The van der Waals surface area contributed by atoms with Gasteiger partial charge in [-0.15, -0.1) is 0 Å². The standard InChI is InChI=1S/C12H24N2/c1-2-3-4-8-13-11-7-9-14(10-11)12-5-6-12/h11-13H,2-10H2,1H3. The summed E-state index contributed by atoms with van der Waals surface area (Å²) in [6.07, 6.45) is 8.37. The topological polar surface area (TPSA) is 15.3 Å². The molecule has 1 aliphatic carbocycles. The van der Waals surface area contributed by atoms with Crippen LogP contribution in [0.1, 0.15) is 45.4 Å². The first-order valence-corrected chi connectivity index (χ1v) is 6.37. The van der Waals surface area contributed by atoms with Crippen molar-refractivity contribution in [1.29, 1.82) is 0 Å². The van der Waals surface area contributed by atoms with Crippen LogP contribution in [0.4, 0.5) is 0 Å². The third-order valence-electron chi connectivity index (χ3n) is 3.50. The van der Waals surface area contributed by atoms with Crippen molar-refractivity contribution in [2.24, 2.45) is 0 Å². The van der Waals surface area contributed by atoms with Gasteiger partial charge in [0, 0.05) is 25.2 Å². The molecule has 0 aromatic heterocycles. The minimum Gasteiger partial charge on any atom is -0.313 e. The zero-order chi connectivity index (χ0) is 9.80. The average Bonchev–Trinajstić information content (AvgIpc) is 2.94. The lowest BCUT2D eigenvalue weighted by atomic mass is 10.2. The molecule has 1 heterocycles. The number of unbranched alkanes of at least 4 members (excludes halogenated alkanes) is 2. The summed E-state index contributed by atoms with van der Waals surface area (Å²) in [5, 5.41) is 3.69. The molecule has 2 nitrogen and oxygen atoms in total. The lowest BCUT2D eigenvalue weighted by Crippen LogP contribution is -2.33. The summed E-state index contributed by atoms with van der Waals surface area (Å²) in [6, 6.07) is 1.77. The predicted molar refractivity (Wildman–Crippen MR) is 60.5 cm³/mol. The van der Waals surface area contributed by atoms with Gasteiger partial charge in [0.1, 0.15) is 0 Å². The summed E-state index contributed by atoms with van der Waals surface area (Å²) in [4.78, 5) is 2.68. The molecule has 0 aromatic carbocycles. The minimum absolute atomic E-state index is 0.799. The lowest BCUT2D eigenvalue weighted by molar-refractivity contribution is 0.317. The molecule has 2 fully saturated rings. The molecule has 0 radical (unpaired) electrons. The summed E-state index contributed by atoms with van der Waals surface area (Å²) >= 11 is 0. The Hall–Kier alpha value is -0.0800. The quantitative estimate of drug-likeness (QED) is 0.654. The van der Waals surface area contributed by atoms with E-state index >= 15 is 0 Å². The molecule has 1 unspecified atom stereocenters. The van der Waals surface area contributed by atoms with Crippen molar-refractivity contribution in [2.45, 2.75) is 57.5 Å². The maximum atomic E-state index is 3.69. The lowest BCUT2D eigenvalue weighted by Gasteiger charge is -2.15. The third kappa shape index (κ3) is 2.96. The van der Waals surface area contributed by atoms with Crippen LogP contribution in [0.5, 0.6) is 0 Å². The van der Waals surface area contributed by atoms with Crippen molar-refractivity contribution < 1.29 is 0 Å². The first-order chi connectivity index (χ1) is 6.90. The summed E-state index contributed by atoms with van der Waals surface area (Å²) < 4.78 is 0. The molecule has 14 heavy (non-hydrogen) atoms. The Labute approximate surface area is 88.1 Å². The van der Waals surface area contributed by atoms with Crippen molar-refractivity contribution in [2.75, 3.05) is 19.6 Å². The van der Waals surface area contributed by atoms with Gasteiger partial charge in [0.2, 0.25) is 0 Å². The highest BCUT2D eigenvalue weighted by Gasteiger charge is 2.33. The molecular formula is C12H24N2. The SMILES string of the molecule is CCCCCNC1CCN(C2CC2)C1. The summed E-state index contributed by atoms with van der Waals surface area (Å²) in [7, 11) is 0. The van der Waals surface area contributed by atoms with Crippen LogP contribution in [-0.4, -0.2) is 36.6 Å². The van der Waals surface area contributed by atoms with Crippen molar-refractivity contribution in [3.8, 4) is 0 Å². The fourth-order valence-electron chi connectivity index (χ4n) is 2.41. The molecule has 1 atom stereocenters. The van der Waals surface area contributed by atoms with Gasteiger partial charge < -0.3 is 5.32 Å². The molecule has 1 saturated heterocycles. The number of hydrogen-bond donors (Lipinski definition) is 1. The van der Waals surface area contributed by atoms with Gasteiger partial charge in [0.05, 0.1) is 0 Å². The molecule has 2 rings (SSSR count). The second-order valence-corrected chi connectivity index (χ2v) is 4.87. The van der Waals surface area contributed by atoms with E-state index in [1.165, 1.54) is 58.2 Å². The Balaban J connectivity index is 1.54. The van der Waals surface area contributed by atoms with E-state index in [4.69, 9.17) is 0 Å². The van der Waals surface area contributed by atoms with Crippen molar-refractivity contribution >= 4 is 0 Å². The Morgan fingerprint density at radius 3 is 2.79 bits per heavy atom. The van der Waals surface area contributed by atoms with E-state index in [9.17, 15) is 0 Å². The number of nitrogens with one attached hydrogen (secondary N) is 1. The normalized spacial score (nSPS) is 28.5. The molecule has 1 aliphatic heterocycles. The van der Waals surface area contributed by atoms with Crippen molar-refractivity contribution in [3.05, 3.63) is 0 Å². The van der Waals surface area contributed by atoms with Crippen molar-refractivity contribution in [3.63, 3.8) is 0 Å². The number of nitrogens with zero attached hydrogens (tertiary/aromatic N) is 1. The van der Waals surface area contributed by atoms with Gasteiger partial charge in [-0.3, -0.25) is 4.90 Å². The Morgan fingerprint density at radius 1 is 1.21 bits per heavy atom. The minimum atomic E-state index is 0.799. The van der Waals surface area contributed by atoms with E-state index in [0.717, 1.165) is 12.1 Å². The predicted octanol–water partition coefficient (Wildman–Crippen LogP) is 2.00. The number of hydrogen-bond acceptors (Lipinski definition) is 2. The molecule has 0 bridgehead atoms. The molecule has 82 valence electrons. The molecule has 0 aromatic rings. The molecular weight excluding hydrogens is 172 g/mol. The maximum Gasteiger partial charge on any atom is 0.0207 e. The van der Waals surface area contributed by atoms with Crippen LogP contribution in [0.25, 0.3) is 0 Å². The average molecular weight is 196 g/mol. The fourth-order valence-corrected chi connectivity index (χ4v) is 2.41. The first-order valence-electron chi connectivity index (χ1n) is 6.37. The number of likely N-dealkylation sites (tertiary alicyclic amines) is 1. The summed E-state index contributed by atoms with van der Waals surface area (Å²) in [5.74, 6) is 0. The zero-order valence-electron chi connectivity index (χ0n) is 9.47. The van der Waals surface area contributed by atoms with Crippen LogP contribution in [0.15, 0.2) is 0 Å².